The number of para-hydroxylation sites is 2. The van der Waals surface area contributed by atoms with Crippen molar-refractivity contribution in [1.29, 1.82) is 0 Å². The number of piperidine rings is 1. The van der Waals surface area contributed by atoms with Crippen molar-refractivity contribution in [2.45, 2.75) is 56.3 Å². The van der Waals surface area contributed by atoms with Gasteiger partial charge in [0.15, 0.2) is 5.60 Å². The SMILES string of the molecule is C[C@H](/C=C/CC(=O)N1Cc2ccccc2C[C@H]1CO)[C@@]1(O)C(=O)N(c2ccccc2)c2ccc(N3CN(c4ccccc4)C4(CCNCC4)C3=O)cc21. The molecule has 4 heterocycles. The van der Waals surface area contributed by atoms with Crippen LogP contribution in [0.15, 0.2) is 115 Å². The first kappa shape index (κ1) is 34.8. The first-order valence-electron chi connectivity index (χ1n) is 18.5. The maximum atomic E-state index is 14.5. The highest BCUT2D eigenvalue weighted by Gasteiger charge is 2.56. The number of hydrogen-bond acceptors (Lipinski definition) is 7. The second-order valence-corrected chi connectivity index (χ2v) is 14.6. The molecule has 53 heavy (non-hydrogen) atoms. The molecule has 4 aliphatic heterocycles. The molecule has 8 rings (SSSR count). The van der Waals surface area contributed by atoms with Crippen LogP contribution in [0.3, 0.4) is 0 Å². The number of carbonyl (C=O) groups excluding carboxylic acids is 3. The Balaban J connectivity index is 1.11. The Hall–Kier alpha value is -5.29. The minimum absolute atomic E-state index is 0.00329. The van der Waals surface area contributed by atoms with Gasteiger partial charge in [0.25, 0.3) is 11.8 Å². The molecule has 4 aromatic rings. The van der Waals surface area contributed by atoms with E-state index in [1.54, 1.807) is 39.8 Å². The van der Waals surface area contributed by atoms with Gasteiger partial charge in [-0.25, -0.2) is 0 Å². The molecule has 3 amide bonds. The monoisotopic (exact) mass is 711 g/mol. The fraction of sp³-hybridized carbons (Fsp3) is 0.326. The minimum atomic E-state index is -1.98. The normalized spacial score (nSPS) is 22.8. The van der Waals surface area contributed by atoms with E-state index in [4.69, 9.17) is 0 Å². The highest BCUT2D eigenvalue weighted by Crippen LogP contribution is 2.50. The van der Waals surface area contributed by atoms with E-state index in [0.717, 1.165) is 29.9 Å². The second-order valence-electron chi connectivity index (χ2n) is 14.6. The van der Waals surface area contributed by atoms with Gasteiger partial charge in [-0.15, -0.1) is 0 Å². The number of aliphatic hydroxyl groups excluding tert-OH is 1. The van der Waals surface area contributed by atoms with Crippen molar-refractivity contribution in [3.05, 3.63) is 132 Å². The Kier molecular flexibility index (Phi) is 9.14. The van der Waals surface area contributed by atoms with Crippen molar-refractivity contribution in [2.75, 3.05) is 41.1 Å². The number of nitrogens with one attached hydrogen (secondary N) is 1. The third-order valence-corrected chi connectivity index (χ3v) is 11.7. The molecule has 4 aliphatic rings. The van der Waals surface area contributed by atoms with Gasteiger partial charge in [-0.1, -0.05) is 79.7 Å². The molecule has 2 saturated heterocycles. The molecule has 4 aromatic carbocycles. The Morgan fingerprint density at radius 2 is 1.53 bits per heavy atom. The zero-order chi connectivity index (χ0) is 36.7. The zero-order valence-corrected chi connectivity index (χ0v) is 29.9. The summed E-state index contributed by atoms with van der Waals surface area (Å²) in [6.07, 6.45) is 5.41. The number of amides is 3. The third kappa shape index (κ3) is 5.82. The highest BCUT2D eigenvalue weighted by atomic mass is 16.3. The lowest BCUT2D eigenvalue weighted by Gasteiger charge is -2.39. The Morgan fingerprint density at radius 1 is 0.868 bits per heavy atom. The fourth-order valence-corrected chi connectivity index (χ4v) is 8.70. The lowest BCUT2D eigenvalue weighted by molar-refractivity contribution is -0.138. The van der Waals surface area contributed by atoms with Gasteiger partial charge < -0.3 is 25.3 Å². The number of benzene rings is 4. The number of fused-ring (bicyclic) bond motifs is 2. The molecule has 3 N–H and O–H groups in total. The lowest BCUT2D eigenvalue weighted by atomic mass is 9.82. The van der Waals surface area contributed by atoms with Gasteiger partial charge in [-0.2, -0.15) is 0 Å². The molecule has 0 radical (unpaired) electrons. The molecule has 272 valence electrons. The van der Waals surface area contributed by atoms with Gasteiger partial charge in [0, 0.05) is 41.5 Å². The molecule has 0 unspecified atom stereocenters. The molecule has 3 atom stereocenters. The topological polar surface area (TPSA) is 117 Å². The van der Waals surface area contributed by atoms with Crippen LogP contribution in [0, 0.1) is 5.92 Å². The van der Waals surface area contributed by atoms with E-state index >= 15 is 0 Å². The van der Waals surface area contributed by atoms with E-state index in [1.807, 2.05) is 97.1 Å². The summed E-state index contributed by atoms with van der Waals surface area (Å²) in [7, 11) is 0. The van der Waals surface area contributed by atoms with Gasteiger partial charge in [0.2, 0.25) is 5.91 Å². The van der Waals surface area contributed by atoms with Crippen molar-refractivity contribution in [3.8, 4) is 0 Å². The van der Waals surface area contributed by atoms with Crippen LogP contribution in [-0.2, 0) is 33.0 Å². The van der Waals surface area contributed by atoms with Crippen LogP contribution >= 0.6 is 0 Å². The first-order chi connectivity index (χ1) is 25.8. The van der Waals surface area contributed by atoms with E-state index in [-0.39, 0.29) is 30.9 Å². The number of carbonyl (C=O) groups is 3. The molecule has 1 spiro atoms. The van der Waals surface area contributed by atoms with Crippen molar-refractivity contribution in [1.82, 2.24) is 10.2 Å². The molecular formula is C43H45N5O5. The quantitative estimate of drug-likeness (QED) is 0.220. The molecule has 0 aromatic heterocycles. The van der Waals surface area contributed by atoms with Crippen LogP contribution in [0.1, 0.15) is 42.9 Å². The first-order valence-corrected chi connectivity index (χ1v) is 18.5. The second kappa shape index (κ2) is 13.9. The third-order valence-electron chi connectivity index (χ3n) is 11.7. The van der Waals surface area contributed by atoms with E-state index < -0.39 is 23.0 Å². The number of rotatable bonds is 8. The largest absolute Gasteiger partial charge is 0.394 e. The van der Waals surface area contributed by atoms with Crippen molar-refractivity contribution < 1.29 is 24.6 Å². The Bertz CT molecular complexity index is 2050. The van der Waals surface area contributed by atoms with E-state index in [2.05, 4.69) is 10.2 Å². The summed E-state index contributed by atoms with van der Waals surface area (Å²) in [6, 6.07) is 32.4. The number of aliphatic hydroxyl groups is 2. The lowest BCUT2D eigenvalue weighted by Crippen LogP contribution is -2.55. The minimum Gasteiger partial charge on any atom is -0.394 e. The molecule has 0 aliphatic carbocycles. The van der Waals surface area contributed by atoms with Crippen LogP contribution in [0.5, 0.6) is 0 Å². The van der Waals surface area contributed by atoms with Crippen LogP contribution in [0.4, 0.5) is 22.7 Å². The molecule has 2 fully saturated rings. The summed E-state index contributed by atoms with van der Waals surface area (Å²) in [5.41, 5.74) is 2.67. The summed E-state index contributed by atoms with van der Waals surface area (Å²) >= 11 is 0. The van der Waals surface area contributed by atoms with Crippen molar-refractivity contribution >= 4 is 40.5 Å². The van der Waals surface area contributed by atoms with Gasteiger partial charge in [-0.3, -0.25) is 24.2 Å². The molecular weight excluding hydrogens is 667 g/mol. The van der Waals surface area contributed by atoms with E-state index in [1.165, 1.54) is 0 Å². The van der Waals surface area contributed by atoms with Crippen LogP contribution in [-0.4, -0.2) is 70.8 Å². The van der Waals surface area contributed by atoms with Crippen molar-refractivity contribution in [3.63, 3.8) is 0 Å². The Labute approximate surface area is 309 Å². The zero-order valence-electron chi connectivity index (χ0n) is 29.9. The van der Waals surface area contributed by atoms with Crippen molar-refractivity contribution in [2.24, 2.45) is 5.92 Å². The van der Waals surface area contributed by atoms with Crippen LogP contribution < -0.4 is 20.0 Å². The number of anilines is 4. The predicted octanol–water partition coefficient (Wildman–Crippen LogP) is 5.01. The van der Waals surface area contributed by atoms with E-state index in [9.17, 15) is 24.6 Å². The Morgan fingerprint density at radius 3 is 2.23 bits per heavy atom. The number of hydrogen-bond donors (Lipinski definition) is 3. The van der Waals surface area contributed by atoms with Crippen LogP contribution in [0.25, 0.3) is 0 Å². The predicted molar refractivity (Wildman–Crippen MR) is 205 cm³/mol. The fourth-order valence-electron chi connectivity index (χ4n) is 8.70. The standard InChI is InChI=1S/C43H45N5O5/c1-30(11-10-18-39(50)45-27-32-13-9-8-12-31(32)25-36(45)28-49)43(53)37-26-35(19-20-38(37)48(41(43)52)34-16-6-3-7-17-34)46-29-47(33-14-4-2-5-15-33)42(40(46)51)21-23-44-24-22-42/h2-17,19-20,26,30,36,44,49,53H,18,21-25,27-29H2,1H3/b11-10+/t30-,36+,43+/m1/s1. The smallest absolute Gasteiger partial charge is 0.268 e. The average Bonchev–Trinajstić information content (AvgIpc) is 3.60. The number of nitrogens with zero attached hydrogens (tertiary/aromatic N) is 4. The van der Waals surface area contributed by atoms with E-state index in [0.29, 0.717) is 55.1 Å². The molecule has 0 saturated carbocycles. The summed E-state index contributed by atoms with van der Waals surface area (Å²) < 4.78 is 0. The van der Waals surface area contributed by atoms with Gasteiger partial charge >= 0.3 is 0 Å². The summed E-state index contributed by atoms with van der Waals surface area (Å²) in [4.78, 5) is 49.8. The maximum absolute atomic E-state index is 14.5. The summed E-state index contributed by atoms with van der Waals surface area (Å²) in [5.74, 6) is -1.36. The highest BCUT2D eigenvalue weighted by molar-refractivity contribution is 6.13. The average molecular weight is 712 g/mol. The molecule has 0 bridgehead atoms. The molecule has 10 heteroatoms. The maximum Gasteiger partial charge on any atom is 0.268 e. The summed E-state index contributed by atoms with van der Waals surface area (Å²) in [6.45, 7) is 3.85. The van der Waals surface area contributed by atoms with Gasteiger partial charge in [0.05, 0.1) is 25.0 Å². The molecule has 10 nitrogen and oxygen atoms in total. The van der Waals surface area contributed by atoms with Crippen LogP contribution in [0.2, 0.25) is 0 Å². The van der Waals surface area contributed by atoms with Gasteiger partial charge in [-0.05, 0) is 85.9 Å². The van der Waals surface area contributed by atoms with Gasteiger partial charge in [0.1, 0.15) is 5.54 Å². The summed E-state index contributed by atoms with van der Waals surface area (Å²) in [5, 5.41) is 26.1.